The van der Waals surface area contributed by atoms with Gasteiger partial charge in [0.15, 0.2) is 0 Å². The van der Waals surface area contributed by atoms with Gasteiger partial charge in [-0.3, -0.25) is 0 Å². The van der Waals surface area contributed by atoms with Crippen molar-refractivity contribution in [3.63, 3.8) is 0 Å². The Morgan fingerprint density at radius 1 is 1.29 bits per heavy atom. The molecule has 0 aliphatic carbocycles. The van der Waals surface area contributed by atoms with E-state index in [4.69, 9.17) is 11.6 Å². The summed E-state index contributed by atoms with van der Waals surface area (Å²) < 4.78 is 14.4. The molecule has 1 heterocycles. The monoisotopic (exact) mass is 385 g/mol. The molecule has 110 valence electrons. The Hall–Kier alpha value is -0.550. The highest BCUT2D eigenvalue weighted by Gasteiger charge is 2.20. The first-order chi connectivity index (χ1) is 10.1. The number of benzene rings is 2. The van der Waals surface area contributed by atoms with Gasteiger partial charge in [0.1, 0.15) is 5.82 Å². The SMILES string of the molecule is Fc1ccc2c(c1)C(NCc1ccc(Cl)c(Br)c1)CCS2. The van der Waals surface area contributed by atoms with Gasteiger partial charge >= 0.3 is 0 Å². The fourth-order valence-corrected chi connectivity index (χ4v) is 4.12. The summed E-state index contributed by atoms with van der Waals surface area (Å²) in [5.41, 5.74) is 2.22. The van der Waals surface area contributed by atoms with Crippen molar-refractivity contribution in [2.75, 3.05) is 5.75 Å². The summed E-state index contributed by atoms with van der Waals surface area (Å²) in [5.74, 6) is 0.887. The Kier molecular flexibility index (Phi) is 4.89. The third kappa shape index (κ3) is 3.62. The second-order valence-corrected chi connectivity index (χ2v) is 7.40. The molecule has 0 radical (unpaired) electrons. The minimum absolute atomic E-state index is 0.169. The van der Waals surface area contributed by atoms with Crippen LogP contribution in [0, 0.1) is 5.82 Å². The molecule has 3 rings (SSSR count). The summed E-state index contributed by atoms with van der Waals surface area (Å²) in [5, 5.41) is 4.23. The molecule has 2 aromatic rings. The van der Waals surface area contributed by atoms with E-state index in [1.807, 2.05) is 24.3 Å². The lowest BCUT2D eigenvalue weighted by Gasteiger charge is -2.26. The first-order valence-electron chi connectivity index (χ1n) is 6.73. The second-order valence-electron chi connectivity index (χ2n) is 5.00. The summed E-state index contributed by atoms with van der Waals surface area (Å²) in [7, 11) is 0. The summed E-state index contributed by atoms with van der Waals surface area (Å²) in [6, 6.07) is 11.2. The van der Waals surface area contributed by atoms with Crippen LogP contribution >= 0.6 is 39.3 Å². The lowest BCUT2D eigenvalue weighted by atomic mass is 10.0. The number of fused-ring (bicyclic) bond motifs is 1. The Morgan fingerprint density at radius 3 is 2.95 bits per heavy atom. The van der Waals surface area contributed by atoms with Crippen LogP contribution in [0.15, 0.2) is 45.8 Å². The maximum atomic E-state index is 13.5. The van der Waals surface area contributed by atoms with Crippen LogP contribution in [0.1, 0.15) is 23.6 Å². The van der Waals surface area contributed by atoms with Gasteiger partial charge in [-0.15, -0.1) is 11.8 Å². The number of hydrogen-bond donors (Lipinski definition) is 1. The Morgan fingerprint density at radius 2 is 2.14 bits per heavy atom. The second kappa shape index (κ2) is 6.69. The van der Waals surface area contributed by atoms with E-state index in [0.29, 0.717) is 5.02 Å². The van der Waals surface area contributed by atoms with E-state index in [1.54, 1.807) is 17.8 Å². The van der Waals surface area contributed by atoms with Crippen molar-refractivity contribution in [2.45, 2.75) is 23.9 Å². The van der Waals surface area contributed by atoms with Crippen LogP contribution in [0.5, 0.6) is 0 Å². The maximum absolute atomic E-state index is 13.5. The highest BCUT2D eigenvalue weighted by molar-refractivity contribution is 9.10. The van der Waals surface area contributed by atoms with Gasteiger partial charge in [-0.05, 0) is 69.6 Å². The minimum Gasteiger partial charge on any atom is -0.306 e. The summed E-state index contributed by atoms with van der Waals surface area (Å²) in [4.78, 5) is 1.18. The molecule has 0 fully saturated rings. The fraction of sp³-hybridized carbons (Fsp3) is 0.250. The molecule has 5 heteroatoms. The number of thioether (sulfide) groups is 1. The molecule has 0 aromatic heterocycles. The van der Waals surface area contributed by atoms with Crippen molar-refractivity contribution in [3.05, 3.63) is 62.8 Å². The predicted octanol–water partition coefficient (Wildman–Crippen LogP) is 5.57. The predicted molar refractivity (Wildman–Crippen MR) is 90.5 cm³/mol. The standard InChI is InChI=1S/C16H14BrClFNS/c17-13-7-10(1-3-14(13)18)9-20-15-5-6-21-16-4-2-11(19)8-12(15)16/h1-4,7-8,15,20H,5-6,9H2. The van der Waals surface area contributed by atoms with Gasteiger partial charge in [0.25, 0.3) is 0 Å². The quantitative estimate of drug-likeness (QED) is 0.740. The number of halogens is 3. The van der Waals surface area contributed by atoms with Crippen molar-refractivity contribution in [2.24, 2.45) is 0 Å². The normalized spacial score (nSPS) is 17.6. The van der Waals surface area contributed by atoms with Gasteiger partial charge in [-0.2, -0.15) is 0 Å². The maximum Gasteiger partial charge on any atom is 0.123 e. The molecule has 0 amide bonds. The molecule has 1 aliphatic heterocycles. The molecule has 1 atom stereocenters. The number of rotatable bonds is 3. The first kappa shape index (κ1) is 15.3. The zero-order chi connectivity index (χ0) is 14.8. The Balaban J connectivity index is 1.74. The van der Waals surface area contributed by atoms with Gasteiger partial charge in [-0.25, -0.2) is 4.39 Å². The smallest absolute Gasteiger partial charge is 0.123 e. The van der Waals surface area contributed by atoms with Crippen molar-refractivity contribution in [3.8, 4) is 0 Å². The van der Waals surface area contributed by atoms with E-state index in [2.05, 4.69) is 21.2 Å². The van der Waals surface area contributed by atoms with Gasteiger partial charge in [0.05, 0.1) is 5.02 Å². The van der Waals surface area contributed by atoms with Crippen molar-refractivity contribution in [1.29, 1.82) is 0 Å². The lowest BCUT2D eigenvalue weighted by molar-refractivity contribution is 0.504. The molecule has 1 nitrogen and oxygen atoms in total. The van der Waals surface area contributed by atoms with Gasteiger partial charge in [0, 0.05) is 22.0 Å². The lowest BCUT2D eigenvalue weighted by Crippen LogP contribution is -2.24. The zero-order valence-electron chi connectivity index (χ0n) is 11.2. The van der Waals surface area contributed by atoms with Gasteiger partial charge < -0.3 is 5.32 Å². The third-order valence-electron chi connectivity index (χ3n) is 3.55. The first-order valence-corrected chi connectivity index (χ1v) is 8.89. The molecule has 0 saturated carbocycles. The highest BCUT2D eigenvalue weighted by Crippen LogP contribution is 2.36. The van der Waals surface area contributed by atoms with Crippen LogP contribution in [0.3, 0.4) is 0 Å². The summed E-state index contributed by atoms with van der Waals surface area (Å²) in [6.45, 7) is 0.737. The molecule has 1 aliphatic rings. The molecule has 0 saturated heterocycles. The molecular weight excluding hydrogens is 373 g/mol. The molecule has 0 spiro atoms. The van der Waals surface area contributed by atoms with Crippen LogP contribution < -0.4 is 5.32 Å². The number of nitrogens with one attached hydrogen (secondary N) is 1. The molecule has 0 bridgehead atoms. The molecule has 1 unspecified atom stereocenters. The van der Waals surface area contributed by atoms with Crippen LogP contribution in [0.4, 0.5) is 4.39 Å². The van der Waals surface area contributed by atoms with Crippen molar-refractivity contribution >= 4 is 39.3 Å². The number of hydrogen-bond acceptors (Lipinski definition) is 2. The summed E-state index contributed by atoms with van der Waals surface area (Å²) in [6.07, 6.45) is 1.01. The fourth-order valence-electron chi connectivity index (χ4n) is 2.47. The van der Waals surface area contributed by atoms with E-state index >= 15 is 0 Å². The third-order valence-corrected chi connectivity index (χ3v) is 5.88. The largest absolute Gasteiger partial charge is 0.306 e. The van der Waals surface area contributed by atoms with E-state index in [1.165, 1.54) is 11.0 Å². The Labute approximate surface area is 141 Å². The zero-order valence-corrected chi connectivity index (χ0v) is 14.4. The topological polar surface area (TPSA) is 12.0 Å². The Bertz CT molecular complexity index is 665. The van der Waals surface area contributed by atoms with E-state index in [9.17, 15) is 4.39 Å². The summed E-state index contributed by atoms with van der Waals surface area (Å²) >= 11 is 11.2. The molecule has 1 N–H and O–H groups in total. The van der Waals surface area contributed by atoms with Crippen LogP contribution in [-0.2, 0) is 6.54 Å². The highest BCUT2D eigenvalue weighted by atomic mass is 79.9. The van der Waals surface area contributed by atoms with Crippen molar-refractivity contribution in [1.82, 2.24) is 5.32 Å². The van der Waals surface area contributed by atoms with Gasteiger partial charge in [-0.1, -0.05) is 17.7 Å². The average Bonchev–Trinajstić information content (AvgIpc) is 2.48. The van der Waals surface area contributed by atoms with Gasteiger partial charge in [0.2, 0.25) is 0 Å². The van der Waals surface area contributed by atoms with Crippen molar-refractivity contribution < 1.29 is 4.39 Å². The van der Waals surface area contributed by atoms with Crippen LogP contribution in [0.25, 0.3) is 0 Å². The minimum atomic E-state index is -0.169. The van der Waals surface area contributed by atoms with Crippen LogP contribution in [0.2, 0.25) is 5.02 Å². The van der Waals surface area contributed by atoms with Crippen LogP contribution in [-0.4, -0.2) is 5.75 Å². The average molecular weight is 387 g/mol. The molecule has 2 aromatic carbocycles. The van der Waals surface area contributed by atoms with E-state index in [-0.39, 0.29) is 11.9 Å². The molecule has 21 heavy (non-hydrogen) atoms. The molecular formula is C16H14BrClFNS. The van der Waals surface area contributed by atoms with E-state index in [0.717, 1.165) is 34.3 Å². The van der Waals surface area contributed by atoms with E-state index < -0.39 is 0 Å².